The molecule has 0 atom stereocenters. The summed E-state index contributed by atoms with van der Waals surface area (Å²) in [5.74, 6) is 5.12. The highest BCUT2D eigenvalue weighted by Crippen LogP contribution is 2.60. The molecule has 0 aliphatic carbocycles. The highest BCUT2D eigenvalue weighted by molar-refractivity contribution is 7.00. The number of rotatable bonds is 7. The molecule has 0 saturated heterocycles. The van der Waals surface area contributed by atoms with Crippen molar-refractivity contribution in [3.8, 4) is 67.9 Å². The smallest absolute Gasteiger partial charge is 0.252 e. The number of anilines is 6. The lowest BCUT2D eigenvalue weighted by atomic mass is 9.33. The van der Waals surface area contributed by atoms with Crippen molar-refractivity contribution in [1.82, 2.24) is 0 Å². The zero-order chi connectivity index (χ0) is 74.2. The van der Waals surface area contributed by atoms with Crippen LogP contribution >= 0.6 is 0 Å². The minimum atomic E-state index is -0.711. The summed E-state index contributed by atoms with van der Waals surface area (Å²) in [6.07, 6.45) is 0. The van der Waals surface area contributed by atoms with Gasteiger partial charge in [-0.15, -0.1) is 0 Å². The molecule has 0 unspecified atom stereocenters. The van der Waals surface area contributed by atoms with Crippen LogP contribution in [0.3, 0.4) is 0 Å². The second-order valence-corrected chi connectivity index (χ2v) is 35.7. The van der Waals surface area contributed by atoms with Crippen LogP contribution in [-0.4, -0.2) is 6.71 Å². The van der Waals surface area contributed by atoms with E-state index in [-0.39, 0.29) is 28.4 Å². The molecule has 0 amide bonds. The molecule has 13 aromatic carbocycles. The summed E-state index contributed by atoms with van der Waals surface area (Å²) < 4.78 is 22.1. The molecule has 5 heterocycles. The lowest BCUT2D eigenvalue weighted by Crippen LogP contribution is -2.61. The van der Waals surface area contributed by atoms with E-state index in [1.807, 2.05) is 0 Å². The second kappa shape index (κ2) is 24.0. The first-order valence-corrected chi connectivity index (χ1v) is 38.3. The predicted octanol–water partition coefficient (Wildman–Crippen LogP) is 25.3. The molecule has 0 saturated carbocycles. The summed E-state index contributed by atoms with van der Waals surface area (Å²) in [6.45, 7) is 37.0. The van der Waals surface area contributed by atoms with Gasteiger partial charge in [-0.3, -0.25) is 0 Å². The van der Waals surface area contributed by atoms with E-state index < -0.39 is 16.2 Å². The normalized spacial score (nSPS) is 15.3. The molecule has 0 bridgehead atoms. The summed E-state index contributed by atoms with van der Waals surface area (Å²) >= 11 is 0. The largest absolute Gasteiger partial charge is 0.457 e. The first-order valence-electron chi connectivity index (χ1n) is 38.3. The third-order valence-electron chi connectivity index (χ3n) is 24.2. The number of fused-ring (bicyclic) bond motifs is 10. The average Bonchev–Trinajstić information content (AvgIpc) is 0.684. The highest BCUT2D eigenvalue weighted by atomic mass is 16.5. The van der Waals surface area contributed by atoms with E-state index in [0.717, 1.165) is 146 Å². The molecule has 6 heteroatoms. The van der Waals surface area contributed by atoms with Crippen molar-refractivity contribution >= 4 is 57.2 Å². The standard InChI is InChI=1S/C101H93BN2O3/c1-95(2,3)66-44-39-62(40-45-66)72-56-70(97(7,8)9)48-51-82(72)103-84-58-78-92(105-88-36-26-23-33-74(88)99(78,13)14)60-80(84)102-81-61-93-79(100(15,16)75-34-24-27-37-89(75)106-93)59-85(81)104(83-52-49-71(98(10,11)12)57-73(83)63-41-46-67(47-42-63)96(4,5)6)87-54-65(53-86(103)94(87)102)64-43-50-77-91(55-64)107-90-38-28-25-35-76(90)101(77,68-29-19-17-20-30-68)69-31-21-18-22-32-69/h17-61H,1-16H3. The van der Waals surface area contributed by atoms with Crippen molar-refractivity contribution in [1.29, 1.82) is 0 Å². The van der Waals surface area contributed by atoms with Gasteiger partial charge in [0.25, 0.3) is 6.71 Å². The number of hydrogen-bond acceptors (Lipinski definition) is 5. The van der Waals surface area contributed by atoms with Gasteiger partial charge in [-0.2, -0.15) is 0 Å². The zero-order valence-electron chi connectivity index (χ0n) is 64.7. The Morgan fingerprint density at radius 3 is 1.02 bits per heavy atom. The van der Waals surface area contributed by atoms with E-state index >= 15 is 0 Å². The van der Waals surface area contributed by atoms with Crippen molar-refractivity contribution < 1.29 is 14.2 Å². The maximum Gasteiger partial charge on any atom is 0.252 e. The number of hydrogen-bond donors (Lipinski definition) is 0. The van der Waals surface area contributed by atoms with Crippen LogP contribution in [0, 0.1) is 0 Å². The molecule has 107 heavy (non-hydrogen) atoms. The molecule has 0 radical (unpaired) electrons. The Balaban J connectivity index is 0.996. The molecule has 5 aliphatic heterocycles. The minimum absolute atomic E-state index is 0.0500. The van der Waals surface area contributed by atoms with Crippen LogP contribution < -0.4 is 40.4 Å². The monoisotopic (exact) mass is 1390 g/mol. The Hall–Kier alpha value is -11.1. The van der Waals surface area contributed by atoms with Gasteiger partial charge >= 0.3 is 0 Å². The fourth-order valence-electron chi connectivity index (χ4n) is 18.1. The molecule has 0 spiro atoms. The van der Waals surface area contributed by atoms with Gasteiger partial charge in [0.05, 0.1) is 16.8 Å². The fourth-order valence-corrected chi connectivity index (χ4v) is 18.1. The summed E-state index contributed by atoms with van der Waals surface area (Å²) in [6, 6.07) is 103. The van der Waals surface area contributed by atoms with Crippen LogP contribution in [0.15, 0.2) is 273 Å². The third kappa shape index (κ3) is 10.7. The molecule has 0 N–H and O–H groups in total. The van der Waals surface area contributed by atoms with Gasteiger partial charge in [-0.25, -0.2) is 0 Å². The Morgan fingerprint density at radius 2 is 0.607 bits per heavy atom. The molecule has 0 aromatic heterocycles. The van der Waals surface area contributed by atoms with Crippen LogP contribution in [0.1, 0.15) is 178 Å². The van der Waals surface area contributed by atoms with Gasteiger partial charge < -0.3 is 24.0 Å². The lowest BCUT2D eigenvalue weighted by Gasteiger charge is -2.47. The molecular weight excluding hydrogens is 1300 g/mol. The zero-order valence-corrected chi connectivity index (χ0v) is 64.7. The van der Waals surface area contributed by atoms with Crippen molar-refractivity contribution in [3.63, 3.8) is 0 Å². The molecule has 528 valence electrons. The van der Waals surface area contributed by atoms with Crippen molar-refractivity contribution in [2.45, 2.75) is 149 Å². The third-order valence-corrected chi connectivity index (χ3v) is 24.2. The maximum absolute atomic E-state index is 7.42. The van der Waals surface area contributed by atoms with E-state index in [9.17, 15) is 0 Å². The van der Waals surface area contributed by atoms with Crippen LogP contribution in [0.5, 0.6) is 34.5 Å². The van der Waals surface area contributed by atoms with E-state index in [4.69, 9.17) is 14.2 Å². The molecule has 13 aromatic rings. The van der Waals surface area contributed by atoms with E-state index in [1.165, 1.54) is 38.8 Å². The van der Waals surface area contributed by atoms with Crippen LogP contribution in [0.4, 0.5) is 34.1 Å². The maximum atomic E-state index is 7.42. The van der Waals surface area contributed by atoms with E-state index in [0.29, 0.717) is 0 Å². The summed E-state index contributed by atoms with van der Waals surface area (Å²) in [7, 11) is 0. The fraction of sp³-hybridized carbons (Fsp3) is 0.228. The first kappa shape index (κ1) is 67.8. The molecule has 18 rings (SSSR count). The summed E-state index contributed by atoms with van der Waals surface area (Å²) in [5.41, 5.74) is 28.8. The SMILES string of the molecule is CC(C)(C)c1ccc(-c2cc(C(C)(C)C)ccc2N2c3cc4c(cc3B3c5cc6c(cc5N(c5ccc(C(C)(C)C)cc5-c5ccc(C(C)(C)C)cc5)c5cc(-c7ccc8c(c7)Oc7ccccc7C8(c7ccccc7)c7ccccc7)cc2c53)C(C)(C)c2ccccc2O6)Oc2ccccc2C4(C)C)cc1. The molecule has 0 fully saturated rings. The lowest BCUT2D eigenvalue weighted by molar-refractivity contribution is 0.418. The van der Waals surface area contributed by atoms with Gasteiger partial charge in [0.2, 0.25) is 0 Å². The van der Waals surface area contributed by atoms with Gasteiger partial charge in [0, 0.05) is 78.1 Å². The van der Waals surface area contributed by atoms with Crippen molar-refractivity contribution in [2.75, 3.05) is 9.80 Å². The number of nitrogens with zero attached hydrogens (tertiary/aromatic N) is 2. The van der Waals surface area contributed by atoms with Gasteiger partial charge in [0.15, 0.2) is 0 Å². The second-order valence-electron chi connectivity index (χ2n) is 35.7. The minimum Gasteiger partial charge on any atom is -0.457 e. The van der Waals surface area contributed by atoms with Crippen LogP contribution in [0.2, 0.25) is 0 Å². The van der Waals surface area contributed by atoms with Crippen molar-refractivity contribution in [2.24, 2.45) is 0 Å². The quantitative estimate of drug-likeness (QED) is 0.149. The average molecular weight is 1390 g/mol. The Kier molecular flexibility index (Phi) is 15.2. The van der Waals surface area contributed by atoms with E-state index in [2.05, 4.69) is 394 Å². The van der Waals surface area contributed by atoms with Crippen molar-refractivity contribution in [3.05, 3.63) is 340 Å². The number of benzene rings is 13. The molecular formula is C101H93BN2O3. The van der Waals surface area contributed by atoms with Gasteiger partial charge in [0.1, 0.15) is 34.5 Å². The van der Waals surface area contributed by atoms with Gasteiger partial charge in [-0.05, 0) is 179 Å². The summed E-state index contributed by atoms with van der Waals surface area (Å²) in [5, 5.41) is 0. The van der Waals surface area contributed by atoms with Crippen LogP contribution in [0.25, 0.3) is 33.4 Å². The first-order chi connectivity index (χ1) is 51.1. The number of para-hydroxylation sites is 3. The predicted molar refractivity (Wildman–Crippen MR) is 447 cm³/mol. The molecule has 5 nitrogen and oxygen atoms in total. The van der Waals surface area contributed by atoms with E-state index in [1.54, 1.807) is 0 Å². The Morgan fingerprint density at radius 1 is 0.262 bits per heavy atom. The van der Waals surface area contributed by atoms with Gasteiger partial charge in [-0.1, -0.05) is 299 Å². The number of ether oxygens (including phenoxy) is 3. The Bertz CT molecular complexity index is 5480. The topological polar surface area (TPSA) is 34.2 Å². The Labute approximate surface area is 633 Å². The summed E-state index contributed by atoms with van der Waals surface area (Å²) in [4.78, 5) is 5.30. The highest BCUT2D eigenvalue weighted by Gasteiger charge is 2.50. The van der Waals surface area contributed by atoms with Crippen LogP contribution in [-0.2, 0) is 37.9 Å². The molecule has 5 aliphatic rings.